The Balaban J connectivity index is 1.31. The van der Waals surface area contributed by atoms with Gasteiger partial charge in [-0.3, -0.25) is 24.6 Å². The van der Waals surface area contributed by atoms with Gasteiger partial charge in [0.05, 0.1) is 0 Å². The largest absolute Gasteiger partial charge is 0.330 e. The molecule has 2 bridgehead atoms. The molecule has 4 fully saturated rings. The van der Waals surface area contributed by atoms with Gasteiger partial charge in [-0.1, -0.05) is 12.1 Å². The lowest BCUT2D eigenvalue weighted by molar-refractivity contribution is -0.136. The van der Waals surface area contributed by atoms with E-state index in [4.69, 9.17) is 5.73 Å². The molecule has 154 valence electrons. The highest BCUT2D eigenvalue weighted by Gasteiger charge is 2.44. The molecule has 1 aromatic carbocycles. The highest BCUT2D eigenvalue weighted by Crippen LogP contribution is 2.44. The molecule has 7 heteroatoms. The zero-order chi connectivity index (χ0) is 20.2. The number of nitrogens with two attached hydrogens (primary N) is 1. The number of hydrogen-bond donors (Lipinski definition) is 2. The Morgan fingerprint density at radius 1 is 1.14 bits per heavy atom. The van der Waals surface area contributed by atoms with Crippen LogP contribution < -0.4 is 11.1 Å². The minimum atomic E-state index is -0.557. The van der Waals surface area contributed by atoms with E-state index in [1.165, 1.54) is 31.2 Å². The third kappa shape index (κ3) is 3.16. The maximum absolute atomic E-state index is 12.8. The van der Waals surface area contributed by atoms with Crippen LogP contribution in [-0.2, 0) is 22.7 Å². The first-order valence-electron chi connectivity index (χ1n) is 10.7. The number of nitrogens with one attached hydrogen (secondary N) is 1. The number of hydrogen-bond acceptors (Lipinski definition) is 5. The first-order chi connectivity index (χ1) is 14.0. The van der Waals surface area contributed by atoms with Crippen molar-refractivity contribution in [3.8, 4) is 0 Å². The molecule has 0 radical (unpaired) electrons. The van der Waals surface area contributed by atoms with Crippen molar-refractivity contribution >= 4 is 17.7 Å². The van der Waals surface area contributed by atoms with Crippen LogP contribution in [0.2, 0.25) is 0 Å². The number of fused-ring (bicyclic) bond motifs is 4. The maximum atomic E-state index is 12.8. The normalized spacial score (nSPS) is 31.9. The molecule has 1 unspecified atom stereocenters. The highest BCUT2D eigenvalue weighted by atomic mass is 16.2. The molecule has 1 aliphatic carbocycles. The van der Waals surface area contributed by atoms with Crippen molar-refractivity contribution in [1.82, 2.24) is 15.1 Å². The van der Waals surface area contributed by atoms with Crippen LogP contribution >= 0.6 is 0 Å². The topological polar surface area (TPSA) is 95.7 Å². The Hall–Kier alpha value is -2.25. The lowest BCUT2D eigenvalue weighted by atomic mass is 9.67. The summed E-state index contributed by atoms with van der Waals surface area (Å²) in [6.45, 7) is 3.14. The predicted octanol–water partition coefficient (Wildman–Crippen LogP) is 1.15. The molecule has 29 heavy (non-hydrogen) atoms. The summed E-state index contributed by atoms with van der Waals surface area (Å²) >= 11 is 0. The molecule has 4 aliphatic heterocycles. The van der Waals surface area contributed by atoms with Crippen molar-refractivity contribution in [2.75, 3.05) is 13.1 Å². The van der Waals surface area contributed by atoms with Crippen LogP contribution in [0.4, 0.5) is 0 Å². The Bertz CT molecular complexity index is 875. The molecule has 1 atom stereocenters. The van der Waals surface area contributed by atoms with E-state index in [1.54, 1.807) is 4.90 Å². The van der Waals surface area contributed by atoms with Crippen LogP contribution in [0, 0.1) is 5.41 Å². The van der Waals surface area contributed by atoms with Crippen molar-refractivity contribution in [3.63, 3.8) is 0 Å². The number of rotatable bonds is 4. The van der Waals surface area contributed by atoms with E-state index in [9.17, 15) is 14.4 Å². The Morgan fingerprint density at radius 2 is 1.93 bits per heavy atom. The summed E-state index contributed by atoms with van der Waals surface area (Å²) in [5.74, 6) is -0.733. The van der Waals surface area contributed by atoms with E-state index in [-0.39, 0.29) is 29.6 Å². The van der Waals surface area contributed by atoms with Gasteiger partial charge in [-0.05, 0) is 61.3 Å². The number of imide groups is 1. The zero-order valence-corrected chi connectivity index (χ0v) is 16.7. The smallest absolute Gasteiger partial charge is 0.255 e. The van der Waals surface area contributed by atoms with Gasteiger partial charge in [0.1, 0.15) is 6.04 Å². The van der Waals surface area contributed by atoms with Gasteiger partial charge in [0.25, 0.3) is 5.91 Å². The fraction of sp³-hybridized carbons (Fsp3) is 0.591. The monoisotopic (exact) mass is 396 g/mol. The molecule has 6 rings (SSSR count). The standard InChI is InChI=1S/C22H28N4O3/c23-12-22-7-5-16(6-8-22)25(13-22)10-14-1-2-17-15(9-14)11-26(21(17)29)18-3-4-19(27)24-20(18)28/h1-2,9,16,18H,3-8,10-13,23H2,(H,24,27,28). The number of carbonyl (C=O) groups is 3. The third-order valence-electron chi connectivity index (χ3n) is 7.48. The van der Waals surface area contributed by atoms with Gasteiger partial charge < -0.3 is 10.6 Å². The van der Waals surface area contributed by atoms with Gasteiger partial charge in [0.2, 0.25) is 11.8 Å². The summed E-state index contributed by atoms with van der Waals surface area (Å²) in [5.41, 5.74) is 9.25. The second-order valence-corrected chi connectivity index (χ2v) is 9.23. The molecule has 4 heterocycles. The van der Waals surface area contributed by atoms with Crippen molar-refractivity contribution in [2.45, 2.75) is 63.7 Å². The van der Waals surface area contributed by atoms with Crippen LogP contribution in [0.5, 0.6) is 0 Å². The molecule has 3 amide bonds. The van der Waals surface area contributed by atoms with E-state index >= 15 is 0 Å². The van der Waals surface area contributed by atoms with Gasteiger partial charge in [0.15, 0.2) is 0 Å². The maximum Gasteiger partial charge on any atom is 0.255 e. The molecular weight excluding hydrogens is 368 g/mol. The lowest BCUT2D eigenvalue weighted by Gasteiger charge is -2.52. The Morgan fingerprint density at radius 3 is 2.66 bits per heavy atom. The SMILES string of the molecule is NCC12CCC(CC1)N(Cc1ccc3c(c1)CN(C1CCC(=O)NC1=O)C3=O)C2. The summed E-state index contributed by atoms with van der Waals surface area (Å²) in [6.07, 6.45) is 5.61. The molecular formula is C22H28N4O3. The highest BCUT2D eigenvalue weighted by molar-refractivity contribution is 6.05. The average molecular weight is 396 g/mol. The quantitative estimate of drug-likeness (QED) is 0.745. The van der Waals surface area contributed by atoms with Crippen LogP contribution in [0.25, 0.3) is 0 Å². The van der Waals surface area contributed by atoms with E-state index in [0.29, 0.717) is 24.6 Å². The molecule has 3 saturated heterocycles. The van der Waals surface area contributed by atoms with E-state index < -0.39 is 6.04 Å². The van der Waals surface area contributed by atoms with Gasteiger partial charge in [-0.15, -0.1) is 0 Å². The minimum absolute atomic E-state index is 0.111. The first-order valence-corrected chi connectivity index (χ1v) is 10.7. The van der Waals surface area contributed by atoms with Crippen molar-refractivity contribution < 1.29 is 14.4 Å². The van der Waals surface area contributed by atoms with Gasteiger partial charge >= 0.3 is 0 Å². The van der Waals surface area contributed by atoms with E-state index in [0.717, 1.165) is 25.2 Å². The van der Waals surface area contributed by atoms with Crippen molar-refractivity contribution in [3.05, 3.63) is 34.9 Å². The van der Waals surface area contributed by atoms with Gasteiger partial charge in [-0.2, -0.15) is 0 Å². The second kappa shape index (κ2) is 6.92. The average Bonchev–Trinajstić information content (AvgIpc) is 3.04. The molecule has 1 aromatic rings. The van der Waals surface area contributed by atoms with E-state index in [2.05, 4.69) is 16.3 Å². The number of nitrogens with zero attached hydrogens (tertiary/aromatic N) is 2. The summed E-state index contributed by atoms with van der Waals surface area (Å²) < 4.78 is 0. The Kier molecular flexibility index (Phi) is 4.47. The summed E-state index contributed by atoms with van der Waals surface area (Å²) in [6, 6.07) is 6.15. The summed E-state index contributed by atoms with van der Waals surface area (Å²) in [5, 5.41) is 2.35. The minimum Gasteiger partial charge on any atom is -0.330 e. The summed E-state index contributed by atoms with van der Waals surface area (Å²) in [7, 11) is 0. The van der Waals surface area contributed by atoms with Crippen LogP contribution in [0.3, 0.4) is 0 Å². The number of carbonyl (C=O) groups excluding carboxylic acids is 3. The third-order valence-corrected chi connectivity index (χ3v) is 7.48. The second-order valence-electron chi connectivity index (χ2n) is 9.23. The van der Waals surface area contributed by atoms with Crippen LogP contribution in [0.1, 0.15) is 60.0 Å². The van der Waals surface area contributed by atoms with Gasteiger partial charge in [0, 0.05) is 37.7 Å². The Labute approximate surface area is 170 Å². The molecule has 7 nitrogen and oxygen atoms in total. The van der Waals surface area contributed by atoms with Crippen LogP contribution in [-0.4, -0.2) is 52.7 Å². The summed E-state index contributed by atoms with van der Waals surface area (Å²) in [4.78, 5) is 40.7. The predicted molar refractivity (Wildman–Crippen MR) is 107 cm³/mol. The number of piperidine rings is 3. The molecule has 3 N–H and O–H groups in total. The van der Waals surface area contributed by atoms with Crippen molar-refractivity contribution in [1.29, 1.82) is 0 Å². The molecule has 1 saturated carbocycles. The van der Waals surface area contributed by atoms with Crippen molar-refractivity contribution in [2.24, 2.45) is 11.1 Å². The van der Waals surface area contributed by atoms with E-state index in [1.807, 2.05) is 12.1 Å². The van der Waals surface area contributed by atoms with Crippen LogP contribution in [0.15, 0.2) is 18.2 Å². The molecule has 0 spiro atoms. The molecule has 0 aromatic heterocycles. The molecule has 5 aliphatic rings. The lowest BCUT2D eigenvalue weighted by Crippen LogP contribution is -2.56. The van der Waals surface area contributed by atoms with Gasteiger partial charge in [-0.25, -0.2) is 0 Å². The fourth-order valence-corrected chi connectivity index (χ4v) is 5.71. The fourth-order valence-electron chi connectivity index (χ4n) is 5.71. The first kappa shape index (κ1) is 18.8. The number of amides is 3. The number of benzene rings is 1. The zero-order valence-electron chi connectivity index (χ0n) is 16.7.